The lowest BCUT2D eigenvalue weighted by Crippen LogP contribution is -2.19. The Balaban J connectivity index is 2.12. The van der Waals surface area contributed by atoms with E-state index in [0.29, 0.717) is 0 Å². The molecule has 0 aliphatic heterocycles. The molecule has 66 valence electrons. The van der Waals surface area contributed by atoms with E-state index in [1.54, 1.807) is 0 Å². The van der Waals surface area contributed by atoms with Gasteiger partial charge in [-0.05, 0) is 32.1 Å². The molecule has 1 nitrogen and oxygen atoms in total. The summed E-state index contributed by atoms with van der Waals surface area (Å²) in [5, 5.41) is 0. The highest BCUT2D eigenvalue weighted by Gasteiger charge is 2.19. The molecule has 2 heteroatoms. The van der Waals surface area contributed by atoms with Crippen molar-refractivity contribution >= 4 is 15.9 Å². The molecule has 0 radical (unpaired) electrons. The third-order valence-corrected chi connectivity index (χ3v) is 3.11. The van der Waals surface area contributed by atoms with Crippen LogP contribution < -0.4 is 0 Å². The smallest absolute Gasteiger partial charge is 0.0494 e. The largest absolute Gasteiger partial charge is 0.381 e. The van der Waals surface area contributed by atoms with Crippen molar-refractivity contribution in [3.05, 3.63) is 0 Å². The molecule has 0 N–H and O–H groups in total. The fourth-order valence-electron chi connectivity index (χ4n) is 1.66. The third kappa shape index (κ3) is 3.57. The van der Waals surface area contributed by atoms with Crippen molar-refractivity contribution in [2.45, 2.75) is 37.4 Å². The van der Waals surface area contributed by atoms with E-state index < -0.39 is 0 Å². The minimum atomic E-state index is 0.752. The second kappa shape index (κ2) is 5.15. The maximum Gasteiger partial charge on any atom is 0.0494 e. The summed E-state index contributed by atoms with van der Waals surface area (Å²) in [6, 6.07) is 0. The van der Waals surface area contributed by atoms with Crippen LogP contribution in [0, 0.1) is 5.92 Å². The second-order valence-corrected chi connectivity index (χ2v) is 4.58. The van der Waals surface area contributed by atoms with Gasteiger partial charge in [-0.2, -0.15) is 0 Å². The molecule has 1 aliphatic carbocycles. The fraction of sp³-hybridized carbons (Fsp3) is 1.00. The molecule has 11 heavy (non-hydrogen) atoms. The van der Waals surface area contributed by atoms with Crippen LogP contribution in [0.5, 0.6) is 0 Å². The number of rotatable bonds is 3. The summed E-state index contributed by atoms with van der Waals surface area (Å²) < 4.78 is 5.40. The zero-order valence-electron chi connectivity index (χ0n) is 7.18. The zero-order valence-corrected chi connectivity index (χ0v) is 8.77. The lowest BCUT2D eigenvalue weighted by atomic mass is 9.90. The molecule has 1 aliphatic rings. The Morgan fingerprint density at radius 2 is 2.27 bits per heavy atom. The summed E-state index contributed by atoms with van der Waals surface area (Å²) in [4.78, 5) is 0.752. The predicted molar refractivity (Wildman–Crippen MR) is 51.2 cm³/mol. The van der Waals surface area contributed by atoms with Gasteiger partial charge >= 0.3 is 0 Å². The van der Waals surface area contributed by atoms with Gasteiger partial charge < -0.3 is 4.74 Å². The Kier molecular flexibility index (Phi) is 4.46. The Hall–Kier alpha value is 0.440. The summed E-state index contributed by atoms with van der Waals surface area (Å²) in [5.41, 5.74) is 0. The highest BCUT2D eigenvalue weighted by atomic mass is 79.9. The van der Waals surface area contributed by atoms with Gasteiger partial charge in [-0.15, -0.1) is 0 Å². The first-order chi connectivity index (χ1) is 5.33. The Labute approximate surface area is 77.6 Å². The minimum absolute atomic E-state index is 0.752. The first-order valence-electron chi connectivity index (χ1n) is 4.54. The first kappa shape index (κ1) is 9.53. The highest BCUT2D eigenvalue weighted by molar-refractivity contribution is 9.09. The van der Waals surface area contributed by atoms with Crippen LogP contribution in [-0.2, 0) is 4.74 Å². The molecule has 1 saturated carbocycles. The molecule has 0 spiro atoms. The number of hydrogen-bond donors (Lipinski definition) is 0. The lowest BCUT2D eigenvalue weighted by Gasteiger charge is -2.25. The van der Waals surface area contributed by atoms with Gasteiger partial charge in [0.1, 0.15) is 0 Å². The number of hydrogen-bond acceptors (Lipinski definition) is 1. The van der Waals surface area contributed by atoms with E-state index in [1.807, 2.05) is 0 Å². The van der Waals surface area contributed by atoms with Crippen molar-refractivity contribution in [2.24, 2.45) is 5.92 Å². The molecule has 2 unspecified atom stereocenters. The van der Waals surface area contributed by atoms with Crippen LogP contribution in [-0.4, -0.2) is 18.0 Å². The van der Waals surface area contributed by atoms with Crippen LogP contribution in [0.1, 0.15) is 32.6 Å². The summed E-state index contributed by atoms with van der Waals surface area (Å²) >= 11 is 3.67. The Bertz CT molecular complexity index is 106. The van der Waals surface area contributed by atoms with Gasteiger partial charge in [-0.25, -0.2) is 0 Å². The number of halogens is 1. The summed E-state index contributed by atoms with van der Waals surface area (Å²) in [7, 11) is 0. The van der Waals surface area contributed by atoms with Crippen LogP contribution in [0.15, 0.2) is 0 Å². The Morgan fingerprint density at radius 3 is 2.91 bits per heavy atom. The van der Waals surface area contributed by atoms with Gasteiger partial charge in [-0.1, -0.05) is 22.4 Å². The topological polar surface area (TPSA) is 9.23 Å². The van der Waals surface area contributed by atoms with Crippen molar-refractivity contribution < 1.29 is 4.74 Å². The summed E-state index contributed by atoms with van der Waals surface area (Å²) in [5.74, 6) is 0.813. The van der Waals surface area contributed by atoms with E-state index in [1.165, 1.54) is 25.7 Å². The zero-order chi connectivity index (χ0) is 8.10. The quantitative estimate of drug-likeness (QED) is 0.665. The molecule has 1 fully saturated rings. The van der Waals surface area contributed by atoms with Crippen molar-refractivity contribution in [1.82, 2.24) is 0 Å². The SMILES string of the molecule is CCOCC1CCCC(Br)C1. The molecule has 0 aromatic carbocycles. The molecular weight excluding hydrogens is 204 g/mol. The molecule has 0 bridgehead atoms. The fourth-order valence-corrected chi connectivity index (χ4v) is 2.51. The molecule has 0 saturated heterocycles. The highest BCUT2D eigenvalue weighted by Crippen LogP contribution is 2.28. The van der Waals surface area contributed by atoms with Crippen molar-refractivity contribution in [1.29, 1.82) is 0 Å². The molecule has 0 aromatic heterocycles. The van der Waals surface area contributed by atoms with Gasteiger partial charge in [0.05, 0.1) is 0 Å². The number of alkyl halides is 1. The predicted octanol–water partition coefficient (Wildman–Crippen LogP) is 2.98. The molecular formula is C9H17BrO. The normalized spacial score (nSPS) is 32.2. The van der Waals surface area contributed by atoms with Gasteiger partial charge in [-0.3, -0.25) is 0 Å². The molecule has 0 aromatic rings. The average molecular weight is 221 g/mol. The van der Waals surface area contributed by atoms with Gasteiger partial charge in [0.15, 0.2) is 0 Å². The summed E-state index contributed by atoms with van der Waals surface area (Å²) in [6.07, 6.45) is 5.39. The Morgan fingerprint density at radius 1 is 1.45 bits per heavy atom. The van der Waals surface area contributed by atoms with E-state index in [2.05, 4.69) is 22.9 Å². The minimum Gasteiger partial charge on any atom is -0.381 e. The van der Waals surface area contributed by atoms with Gasteiger partial charge in [0.2, 0.25) is 0 Å². The third-order valence-electron chi connectivity index (χ3n) is 2.28. The van der Waals surface area contributed by atoms with Crippen molar-refractivity contribution in [2.75, 3.05) is 13.2 Å². The van der Waals surface area contributed by atoms with Gasteiger partial charge in [0, 0.05) is 18.0 Å². The second-order valence-electron chi connectivity index (χ2n) is 3.29. The lowest BCUT2D eigenvalue weighted by molar-refractivity contribution is 0.0963. The van der Waals surface area contributed by atoms with Crippen molar-refractivity contribution in [3.63, 3.8) is 0 Å². The maximum atomic E-state index is 5.40. The van der Waals surface area contributed by atoms with E-state index >= 15 is 0 Å². The molecule has 2 atom stereocenters. The van der Waals surface area contributed by atoms with E-state index in [4.69, 9.17) is 4.74 Å². The maximum absolute atomic E-state index is 5.40. The summed E-state index contributed by atoms with van der Waals surface area (Å²) in [6.45, 7) is 3.90. The monoisotopic (exact) mass is 220 g/mol. The molecule has 0 amide bonds. The number of ether oxygens (including phenoxy) is 1. The standard InChI is InChI=1S/C9H17BrO/c1-2-11-7-8-4-3-5-9(10)6-8/h8-9H,2-7H2,1H3. The van der Waals surface area contributed by atoms with Crippen LogP contribution in [0.2, 0.25) is 0 Å². The molecule has 1 rings (SSSR count). The van der Waals surface area contributed by atoms with E-state index in [9.17, 15) is 0 Å². The van der Waals surface area contributed by atoms with E-state index in [0.717, 1.165) is 24.0 Å². The van der Waals surface area contributed by atoms with Gasteiger partial charge in [0.25, 0.3) is 0 Å². The first-order valence-corrected chi connectivity index (χ1v) is 5.46. The van der Waals surface area contributed by atoms with Crippen molar-refractivity contribution in [3.8, 4) is 0 Å². The molecule has 0 heterocycles. The van der Waals surface area contributed by atoms with Crippen LogP contribution in [0.4, 0.5) is 0 Å². The van der Waals surface area contributed by atoms with Crippen LogP contribution in [0.3, 0.4) is 0 Å². The van der Waals surface area contributed by atoms with Crippen LogP contribution >= 0.6 is 15.9 Å². The average Bonchev–Trinajstić information content (AvgIpc) is 2.01. The van der Waals surface area contributed by atoms with Crippen LogP contribution in [0.25, 0.3) is 0 Å². The van der Waals surface area contributed by atoms with E-state index in [-0.39, 0.29) is 0 Å².